The van der Waals surface area contributed by atoms with Crippen LogP contribution in [0.25, 0.3) is 0 Å². The van der Waals surface area contributed by atoms with Crippen molar-refractivity contribution in [1.82, 2.24) is 0 Å². The van der Waals surface area contributed by atoms with Crippen LogP contribution in [0.4, 0.5) is 0 Å². The van der Waals surface area contributed by atoms with E-state index in [1.165, 1.54) is 0 Å². The van der Waals surface area contributed by atoms with Crippen LogP contribution in [0.2, 0.25) is 0 Å². The van der Waals surface area contributed by atoms with Crippen molar-refractivity contribution in [2.45, 2.75) is 25.9 Å². The van der Waals surface area contributed by atoms with Crippen LogP contribution in [-0.4, -0.2) is 24.3 Å². The Kier molecular flexibility index (Phi) is 5.21. The third-order valence-corrected chi connectivity index (χ3v) is 1.06. The normalized spacial score (nSPS) is 12.7. The average molecular weight is 132 g/mol. The summed E-state index contributed by atoms with van der Waals surface area (Å²) in [6.07, 6.45) is 1.36. The Labute approximate surface area is 54.6 Å². The van der Waals surface area contributed by atoms with Crippen LogP contribution in [0.5, 0.6) is 0 Å². The second-order valence-corrected chi connectivity index (χ2v) is 1.91. The van der Waals surface area contributed by atoms with Crippen LogP contribution in [0.15, 0.2) is 0 Å². The van der Waals surface area contributed by atoms with Gasteiger partial charge in [-0.1, -0.05) is 0 Å². The molecule has 0 spiro atoms. The zero-order valence-electron chi connectivity index (χ0n) is 5.54. The van der Waals surface area contributed by atoms with Gasteiger partial charge in [0.2, 0.25) is 0 Å². The molecule has 3 heteroatoms. The van der Waals surface area contributed by atoms with E-state index in [0.717, 1.165) is 6.42 Å². The lowest BCUT2D eigenvalue weighted by molar-refractivity contribution is -0.133. The zero-order valence-corrected chi connectivity index (χ0v) is 5.54. The number of aliphatic hydroxyl groups excluding tert-OH is 1. The number of aliphatic hydroxyl groups is 1. The summed E-state index contributed by atoms with van der Waals surface area (Å²) in [7, 11) is 0. The number of ether oxygens (including phenoxy) is 1. The number of carbonyl (C=O) groups is 1. The van der Waals surface area contributed by atoms with Gasteiger partial charge in [-0.2, -0.15) is 0 Å². The van der Waals surface area contributed by atoms with Gasteiger partial charge in [-0.15, -0.1) is 0 Å². The molecule has 9 heavy (non-hydrogen) atoms. The molecular weight excluding hydrogens is 120 g/mol. The fourth-order valence-corrected chi connectivity index (χ4v) is 0.542. The van der Waals surface area contributed by atoms with E-state index in [-0.39, 0.29) is 12.7 Å². The summed E-state index contributed by atoms with van der Waals surface area (Å²) in [5, 5.41) is 8.34. The van der Waals surface area contributed by atoms with Gasteiger partial charge in [0.05, 0.1) is 6.10 Å². The maximum atomic E-state index is 9.69. The van der Waals surface area contributed by atoms with Crippen molar-refractivity contribution >= 4 is 6.47 Å². The van der Waals surface area contributed by atoms with E-state index in [1.54, 1.807) is 6.92 Å². The molecule has 0 rings (SSSR count). The van der Waals surface area contributed by atoms with Crippen molar-refractivity contribution in [2.24, 2.45) is 0 Å². The summed E-state index contributed by atoms with van der Waals surface area (Å²) in [6.45, 7) is 2.39. The number of hydrogen-bond donors (Lipinski definition) is 1. The van der Waals surface area contributed by atoms with Gasteiger partial charge in [-0.3, -0.25) is 4.79 Å². The Bertz CT molecular complexity index is 72.7. The van der Waals surface area contributed by atoms with Gasteiger partial charge >= 0.3 is 0 Å². The van der Waals surface area contributed by atoms with E-state index in [2.05, 4.69) is 4.74 Å². The molecule has 0 heterocycles. The minimum Gasteiger partial charge on any atom is -0.465 e. The fourth-order valence-electron chi connectivity index (χ4n) is 0.542. The first-order valence-electron chi connectivity index (χ1n) is 3.01. The van der Waals surface area contributed by atoms with E-state index < -0.39 is 0 Å². The zero-order chi connectivity index (χ0) is 7.11. The van der Waals surface area contributed by atoms with Crippen LogP contribution in [0.3, 0.4) is 0 Å². The SMILES string of the molecule is CC(CCCO)OC=O. The Balaban J connectivity index is 3.04. The standard InChI is InChI=1S/C6H12O3/c1-6(9-5-8)3-2-4-7/h5-7H,2-4H2,1H3. The van der Waals surface area contributed by atoms with Gasteiger partial charge in [-0.25, -0.2) is 0 Å². The van der Waals surface area contributed by atoms with Crippen LogP contribution < -0.4 is 0 Å². The van der Waals surface area contributed by atoms with E-state index in [1.807, 2.05) is 0 Å². The average Bonchev–Trinajstić information content (AvgIpc) is 1.85. The van der Waals surface area contributed by atoms with Crippen LogP contribution in [-0.2, 0) is 9.53 Å². The Hall–Kier alpha value is -0.570. The minimum atomic E-state index is -0.0605. The second-order valence-electron chi connectivity index (χ2n) is 1.91. The molecule has 0 amide bonds. The van der Waals surface area contributed by atoms with Crippen molar-refractivity contribution in [1.29, 1.82) is 0 Å². The summed E-state index contributed by atoms with van der Waals surface area (Å²) in [6, 6.07) is 0. The van der Waals surface area contributed by atoms with E-state index >= 15 is 0 Å². The first-order chi connectivity index (χ1) is 4.31. The first-order valence-corrected chi connectivity index (χ1v) is 3.01. The molecular formula is C6H12O3. The van der Waals surface area contributed by atoms with E-state index in [9.17, 15) is 4.79 Å². The van der Waals surface area contributed by atoms with E-state index in [0.29, 0.717) is 12.9 Å². The fraction of sp³-hybridized carbons (Fsp3) is 0.833. The topological polar surface area (TPSA) is 46.5 Å². The highest BCUT2D eigenvalue weighted by atomic mass is 16.5. The lowest BCUT2D eigenvalue weighted by Crippen LogP contribution is -2.06. The molecule has 0 aromatic carbocycles. The molecule has 54 valence electrons. The molecule has 0 aliphatic heterocycles. The molecule has 0 aromatic heterocycles. The molecule has 0 aromatic rings. The first kappa shape index (κ1) is 8.43. The highest BCUT2D eigenvalue weighted by Gasteiger charge is 1.98. The smallest absolute Gasteiger partial charge is 0.293 e. The van der Waals surface area contributed by atoms with Crippen molar-refractivity contribution in [3.63, 3.8) is 0 Å². The van der Waals surface area contributed by atoms with Crippen LogP contribution in [0.1, 0.15) is 19.8 Å². The van der Waals surface area contributed by atoms with Gasteiger partial charge in [0.15, 0.2) is 0 Å². The van der Waals surface area contributed by atoms with Gasteiger partial charge in [-0.05, 0) is 19.8 Å². The van der Waals surface area contributed by atoms with Gasteiger partial charge in [0.1, 0.15) is 0 Å². The molecule has 0 saturated heterocycles. The van der Waals surface area contributed by atoms with Crippen molar-refractivity contribution in [3.05, 3.63) is 0 Å². The van der Waals surface area contributed by atoms with Crippen LogP contribution in [0, 0.1) is 0 Å². The summed E-state index contributed by atoms with van der Waals surface area (Å²) in [5.41, 5.74) is 0. The lowest BCUT2D eigenvalue weighted by atomic mass is 10.2. The number of carbonyl (C=O) groups excluding carboxylic acids is 1. The van der Waals surface area contributed by atoms with Gasteiger partial charge < -0.3 is 9.84 Å². The van der Waals surface area contributed by atoms with Gasteiger partial charge in [0.25, 0.3) is 6.47 Å². The molecule has 0 radical (unpaired) electrons. The largest absolute Gasteiger partial charge is 0.465 e. The summed E-state index contributed by atoms with van der Waals surface area (Å²) < 4.78 is 4.55. The Morgan fingerprint density at radius 3 is 2.89 bits per heavy atom. The molecule has 1 atom stereocenters. The van der Waals surface area contributed by atoms with Crippen molar-refractivity contribution < 1.29 is 14.6 Å². The molecule has 0 aliphatic rings. The summed E-state index contributed by atoms with van der Waals surface area (Å²) in [5.74, 6) is 0. The molecule has 0 fully saturated rings. The van der Waals surface area contributed by atoms with Crippen molar-refractivity contribution in [3.8, 4) is 0 Å². The Morgan fingerprint density at radius 1 is 1.78 bits per heavy atom. The molecule has 1 N–H and O–H groups in total. The van der Waals surface area contributed by atoms with E-state index in [4.69, 9.17) is 5.11 Å². The third kappa shape index (κ3) is 5.30. The predicted octanol–water partition coefficient (Wildman–Crippen LogP) is 0.320. The molecule has 1 unspecified atom stereocenters. The van der Waals surface area contributed by atoms with Gasteiger partial charge in [0, 0.05) is 6.61 Å². The quantitative estimate of drug-likeness (QED) is 0.548. The Morgan fingerprint density at radius 2 is 2.44 bits per heavy atom. The number of rotatable bonds is 5. The third-order valence-electron chi connectivity index (χ3n) is 1.06. The minimum absolute atomic E-state index is 0.0605. The maximum absolute atomic E-state index is 9.69. The maximum Gasteiger partial charge on any atom is 0.293 e. The molecule has 0 saturated carbocycles. The van der Waals surface area contributed by atoms with Crippen molar-refractivity contribution in [2.75, 3.05) is 6.61 Å². The second kappa shape index (κ2) is 5.56. The highest BCUT2D eigenvalue weighted by molar-refractivity contribution is 5.37. The molecule has 3 nitrogen and oxygen atoms in total. The predicted molar refractivity (Wildman–Crippen MR) is 32.9 cm³/mol. The monoisotopic (exact) mass is 132 g/mol. The lowest BCUT2D eigenvalue weighted by Gasteiger charge is -2.06. The van der Waals surface area contributed by atoms with Crippen LogP contribution >= 0.6 is 0 Å². The number of hydrogen-bond acceptors (Lipinski definition) is 3. The molecule has 0 aliphatic carbocycles. The summed E-state index contributed by atoms with van der Waals surface area (Å²) >= 11 is 0. The molecule has 0 bridgehead atoms. The highest BCUT2D eigenvalue weighted by Crippen LogP contribution is 1.97. The summed E-state index contributed by atoms with van der Waals surface area (Å²) in [4.78, 5) is 9.69.